The topological polar surface area (TPSA) is 36.4 Å². The van der Waals surface area contributed by atoms with Gasteiger partial charge in [0.05, 0.1) is 11.1 Å². The van der Waals surface area contributed by atoms with Gasteiger partial charge in [0.1, 0.15) is 5.82 Å². The number of benzene rings is 2. The molecule has 1 aliphatic heterocycles. The van der Waals surface area contributed by atoms with E-state index in [0.29, 0.717) is 5.56 Å². The molecule has 2 aromatic carbocycles. The fraction of sp³-hybridized carbons (Fsp3) is 0.273. The summed E-state index contributed by atoms with van der Waals surface area (Å²) in [7, 11) is 0. The third kappa shape index (κ3) is 4.14. The summed E-state index contributed by atoms with van der Waals surface area (Å²) in [5.41, 5.74) is 2.69. The van der Waals surface area contributed by atoms with E-state index >= 15 is 0 Å². The highest BCUT2D eigenvalue weighted by atomic mass is 19.1. The van der Waals surface area contributed by atoms with Gasteiger partial charge in [0.15, 0.2) is 0 Å². The van der Waals surface area contributed by atoms with E-state index in [-0.39, 0.29) is 11.7 Å². The van der Waals surface area contributed by atoms with E-state index in [1.807, 2.05) is 47.4 Å². The maximum atomic E-state index is 13.0. The van der Waals surface area contributed by atoms with Crippen LogP contribution in [0.15, 0.2) is 60.8 Å². The number of halogens is 1. The molecule has 0 radical (unpaired) electrons. The van der Waals surface area contributed by atoms with E-state index < -0.39 is 0 Å². The predicted molar refractivity (Wildman–Crippen MR) is 104 cm³/mol. The molecule has 3 aromatic rings. The van der Waals surface area contributed by atoms with E-state index in [4.69, 9.17) is 0 Å². The lowest BCUT2D eigenvalue weighted by molar-refractivity contribution is 0.0638. The molecule has 1 saturated heterocycles. The van der Waals surface area contributed by atoms with Gasteiger partial charge in [0.2, 0.25) is 0 Å². The number of piperazine rings is 1. The van der Waals surface area contributed by atoms with Crippen LogP contribution in [0.3, 0.4) is 0 Å². The van der Waals surface area contributed by atoms with Crippen LogP contribution in [0.4, 0.5) is 4.39 Å². The molecule has 138 valence electrons. The van der Waals surface area contributed by atoms with Crippen molar-refractivity contribution in [2.75, 3.05) is 32.7 Å². The second-order valence-electron chi connectivity index (χ2n) is 6.93. The molecule has 4 rings (SSSR count). The largest absolute Gasteiger partial charge is 0.336 e. The standard InChI is InChI=1S/C22H22FN3O/c23-20-7-5-17(6-8-20)9-10-25-11-13-26(14-12-25)22(27)19-15-18-3-1-2-4-21(18)24-16-19/h1-8,15-16H,9-14H2. The molecule has 0 bridgehead atoms. The Morgan fingerprint density at radius 3 is 2.52 bits per heavy atom. The lowest BCUT2D eigenvalue weighted by atomic mass is 10.1. The van der Waals surface area contributed by atoms with E-state index in [0.717, 1.165) is 55.6 Å². The number of amides is 1. The van der Waals surface area contributed by atoms with Crippen LogP contribution >= 0.6 is 0 Å². The van der Waals surface area contributed by atoms with Gasteiger partial charge >= 0.3 is 0 Å². The number of nitrogens with zero attached hydrogens (tertiary/aromatic N) is 3. The summed E-state index contributed by atoms with van der Waals surface area (Å²) < 4.78 is 13.0. The number of carbonyl (C=O) groups excluding carboxylic acids is 1. The quantitative estimate of drug-likeness (QED) is 0.713. The average Bonchev–Trinajstić information content (AvgIpc) is 2.73. The van der Waals surface area contributed by atoms with Crippen LogP contribution in [-0.4, -0.2) is 53.4 Å². The number of carbonyl (C=O) groups is 1. The summed E-state index contributed by atoms with van der Waals surface area (Å²) in [6.07, 6.45) is 2.56. The SMILES string of the molecule is O=C(c1cnc2ccccc2c1)N1CCN(CCc2ccc(F)cc2)CC1. The lowest BCUT2D eigenvalue weighted by Crippen LogP contribution is -2.49. The van der Waals surface area contributed by atoms with Gasteiger partial charge < -0.3 is 4.90 Å². The number of para-hydroxylation sites is 1. The maximum Gasteiger partial charge on any atom is 0.255 e. The number of pyridine rings is 1. The first-order chi connectivity index (χ1) is 13.2. The monoisotopic (exact) mass is 363 g/mol. The van der Waals surface area contributed by atoms with Crippen molar-refractivity contribution in [3.63, 3.8) is 0 Å². The molecule has 1 aromatic heterocycles. The predicted octanol–water partition coefficient (Wildman–Crippen LogP) is 3.37. The molecule has 1 amide bonds. The Bertz CT molecular complexity index is 934. The van der Waals surface area contributed by atoms with Gasteiger partial charge in [-0.25, -0.2) is 4.39 Å². The maximum absolute atomic E-state index is 13.0. The van der Waals surface area contributed by atoms with Crippen LogP contribution in [0.25, 0.3) is 10.9 Å². The third-order valence-corrected chi connectivity index (χ3v) is 5.13. The average molecular weight is 363 g/mol. The van der Waals surface area contributed by atoms with Crippen molar-refractivity contribution in [2.24, 2.45) is 0 Å². The Hall–Kier alpha value is -2.79. The fourth-order valence-electron chi connectivity index (χ4n) is 3.48. The minimum Gasteiger partial charge on any atom is -0.336 e. The van der Waals surface area contributed by atoms with E-state index in [1.54, 1.807) is 6.20 Å². The van der Waals surface area contributed by atoms with Crippen molar-refractivity contribution in [3.8, 4) is 0 Å². The second-order valence-corrected chi connectivity index (χ2v) is 6.93. The zero-order valence-electron chi connectivity index (χ0n) is 15.1. The Morgan fingerprint density at radius 1 is 1.00 bits per heavy atom. The first kappa shape index (κ1) is 17.6. The lowest BCUT2D eigenvalue weighted by Gasteiger charge is -2.34. The number of fused-ring (bicyclic) bond motifs is 1. The summed E-state index contributed by atoms with van der Waals surface area (Å²) in [5.74, 6) is -0.152. The normalized spacial score (nSPS) is 15.2. The number of hydrogen-bond donors (Lipinski definition) is 0. The third-order valence-electron chi connectivity index (χ3n) is 5.13. The van der Waals surface area contributed by atoms with Gasteiger partial charge in [-0.15, -0.1) is 0 Å². The Kier molecular flexibility index (Phi) is 5.12. The first-order valence-electron chi connectivity index (χ1n) is 9.30. The van der Waals surface area contributed by atoms with Gasteiger partial charge in [0, 0.05) is 44.3 Å². The molecule has 2 heterocycles. The van der Waals surface area contributed by atoms with Crippen molar-refractivity contribution in [1.82, 2.24) is 14.8 Å². The molecule has 1 aliphatic rings. The van der Waals surface area contributed by atoms with Crippen LogP contribution in [0.1, 0.15) is 15.9 Å². The molecule has 0 aliphatic carbocycles. The Labute approximate surface area is 158 Å². The summed E-state index contributed by atoms with van der Waals surface area (Å²) >= 11 is 0. The highest BCUT2D eigenvalue weighted by Crippen LogP contribution is 2.15. The van der Waals surface area contributed by atoms with Crippen LogP contribution < -0.4 is 0 Å². The molecule has 0 atom stereocenters. The molecule has 0 N–H and O–H groups in total. The zero-order chi connectivity index (χ0) is 18.6. The van der Waals surface area contributed by atoms with Crippen molar-refractivity contribution in [2.45, 2.75) is 6.42 Å². The summed E-state index contributed by atoms with van der Waals surface area (Å²) in [6.45, 7) is 4.07. The molecule has 0 spiro atoms. The van der Waals surface area contributed by atoms with Crippen molar-refractivity contribution in [3.05, 3.63) is 77.7 Å². The molecule has 1 fully saturated rings. The Balaban J connectivity index is 1.32. The van der Waals surface area contributed by atoms with Crippen LogP contribution in [0.5, 0.6) is 0 Å². The summed E-state index contributed by atoms with van der Waals surface area (Å²) in [5, 5.41) is 0.987. The smallest absolute Gasteiger partial charge is 0.255 e. The molecule has 27 heavy (non-hydrogen) atoms. The molecule has 5 heteroatoms. The minimum absolute atomic E-state index is 0.0476. The van der Waals surface area contributed by atoms with Gasteiger partial charge in [-0.2, -0.15) is 0 Å². The number of aromatic nitrogens is 1. The highest BCUT2D eigenvalue weighted by molar-refractivity contribution is 5.97. The van der Waals surface area contributed by atoms with Gasteiger partial charge in [0.25, 0.3) is 5.91 Å². The number of hydrogen-bond acceptors (Lipinski definition) is 3. The molecular formula is C22H22FN3O. The van der Waals surface area contributed by atoms with Crippen LogP contribution in [0, 0.1) is 5.82 Å². The Morgan fingerprint density at radius 2 is 1.74 bits per heavy atom. The van der Waals surface area contributed by atoms with Gasteiger partial charge in [-0.05, 0) is 36.2 Å². The summed E-state index contributed by atoms with van der Waals surface area (Å²) in [4.78, 5) is 21.4. The second kappa shape index (κ2) is 7.84. The van der Waals surface area contributed by atoms with Crippen molar-refractivity contribution in [1.29, 1.82) is 0 Å². The fourth-order valence-corrected chi connectivity index (χ4v) is 3.48. The highest BCUT2D eigenvalue weighted by Gasteiger charge is 2.22. The molecule has 4 nitrogen and oxygen atoms in total. The van der Waals surface area contributed by atoms with E-state index in [2.05, 4.69) is 9.88 Å². The van der Waals surface area contributed by atoms with Crippen molar-refractivity contribution >= 4 is 16.8 Å². The molecule has 0 saturated carbocycles. The summed E-state index contributed by atoms with van der Waals surface area (Å²) in [6, 6.07) is 16.4. The van der Waals surface area contributed by atoms with E-state index in [9.17, 15) is 9.18 Å². The van der Waals surface area contributed by atoms with Gasteiger partial charge in [-0.1, -0.05) is 30.3 Å². The zero-order valence-corrected chi connectivity index (χ0v) is 15.1. The molecule has 0 unspecified atom stereocenters. The minimum atomic E-state index is -0.200. The first-order valence-corrected chi connectivity index (χ1v) is 9.30. The number of rotatable bonds is 4. The van der Waals surface area contributed by atoms with Gasteiger partial charge in [-0.3, -0.25) is 14.7 Å². The van der Waals surface area contributed by atoms with Crippen molar-refractivity contribution < 1.29 is 9.18 Å². The van der Waals surface area contributed by atoms with E-state index in [1.165, 1.54) is 12.1 Å². The molecular weight excluding hydrogens is 341 g/mol. The van der Waals surface area contributed by atoms with Crippen LogP contribution in [0.2, 0.25) is 0 Å². The van der Waals surface area contributed by atoms with Crippen LogP contribution in [-0.2, 0) is 6.42 Å².